The van der Waals surface area contributed by atoms with Gasteiger partial charge in [0.25, 0.3) is 4.87 Å². The van der Waals surface area contributed by atoms with E-state index in [0.29, 0.717) is 5.69 Å². The minimum absolute atomic E-state index is 0.00733. The van der Waals surface area contributed by atoms with E-state index in [0.717, 1.165) is 6.08 Å². The summed E-state index contributed by atoms with van der Waals surface area (Å²) in [7, 11) is -4.21. The van der Waals surface area contributed by atoms with Gasteiger partial charge in [-0.1, -0.05) is 41.9 Å². The van der Waals surface area contributed by atoms with Gasteiger partial charge in [-0.2, -0.15) is 10.2 Å². The molecule has 26 heavy (non-hydrogen) atoms. The second kappa shape index (κ2) is 5.23. The Bertz CT molecular complexity index is 1110. The molecule has 0 spiro atoms. The number of hydrogen-bond donors (Lipinski definition) is 2. The summed E-state index contributed by atoms with van der Waals surface area (Å²) in [5.74, 6) is -1.27. The number of rotatable bonds is 3. The van der Waals surface area contributed by atoms with Gasteiger partial charge in [0.1, 0.15) is 0 Å². The third kappa shape index (κ3) is 1.86. The fourth-order valence-electron chi connectivity index (χ4n) is 3.23. The van der Waals surface area contributed by atoms with Crippen LogP contribution in [-0.4, -0.2) is 29.5 Å². The van der Waals surface area contributed by atoms with Crippen LogP contribution in [0.25, 0.3) is 5.03 Å². The molecule has 132 valence electrons. The van der Waals surface area contributed by atoms with Gasteiger partial charge in [0, 0.05) is 16.2 Å². The van der Waals surface area contributed by atoms with Gasteiger partial charge >= 0.3 is 5.97 Å². The zero-order chi connectivity index (χ0) is 18.7. The van der Waals surface area contributed by atoms with Crippen LogP contribution in [0.1, 0.15) is 21.5 Å². The maximum Gasteiger partial charge on any atom is 0.336 e. The van der Waals surface area contributed by atoms with Gasteiger partial charge in [0.05, 0.1) is 11.3 Å². The molecule has 0 radical (unpaired) electrons. The topological polar surface area (TPSA) is 116 Å². The lowest BCUT2D eigenvalue weighted by Gasteiger charge is -2.20. The van der Waals surface area contributed by atoms with Gasteiger partial charge in [0.2, 0.25) is 14.8 Å². The lowest BCUT2D eigenvalue weighted by Crippen LogP contribution is -2.25. The second-order valence-electron chi connectivity index (χ2n) is 5.91. The lowest BCUT2D eigenvalue weighted by atomic mass is 9.88. The first-order chi connectivity index (χ1) is 12.3. The van der Waals surface area contributed by atoms with E-state index in [9.17, 15) is 23.4 Å². The molecule has 2 aromatic rings. The minimum Gasteiger partial charge on any atom is -0.478 e. The SMILES string of the molecule is O=C(O)c1cccc2c1C(Cl)=CC1(O)C2(N=Nc2ccccc2)S1(=O)=O. The van der Waals surface area contributed by atoms with Crippen LogP contribution in [-0.2, 0) is 14.7 Å². The molecule has 2 unspecified atom stereocenters. The summed E-state index contributed by atoms with van der Waals surface area (Å²) in [6, 6.07) is 12.5. The molecule has 0 amide bonds. The number of carboxylic acid groups (broad SMARTS) is 1. The molecule has 0 saturated carbocycles. The zero-order valence-electron chi connectivity index (χ0n) is 13.0. The van der Waals surface area contributed by atoms with Crippen LogP contribution < -0.4 is 0 Å². The van der Waals surface area contributed by atoms with Gasteiger partial charge < -0.3 is 10.2 Å². The summed E-state index contributed by atoms with van der Waals surface area (Å²) >= 11 is 6.12. The predicted molar refractivity (Wildman–Crippen MR) is 93.7 cm³/mol. The number of sulfone groups is 1. The molecule has 0 aromatic heterocycles. The van der Waals surface area contributed by atoms with Crippen LogP contribution in [0.5, 0.6) is 0 Å². The summed E-state index contributed by atoms with van der Waals surface area (Å²) in [5, 5.41) is 27.8. The largest absolute Gasteiger partial charge is 0.478 e. The van der Waals surface area contributed by atoms with Crippen LogP contribution in [0, 0.1) is 0 Å². The highest BCUT2D eigenvalue weighted by atomic mass is 35.5. The van der Waals surface area contributed by atoms with Crippen molar-refractivity contribution in [3.05, 3.63) is 71.3 Å². The Morgan fingerprint density at radius 2 is 1.77 bits per heavy atom. The Labute approximate surface area is 153 Å². The quantitative estimate of drug-likeness (QED) is 0.617. The number of aliphatic hydroxyl groups is 1. The Hall–Kier alpha value is -2.55. The van der Waals surface area contributed by atoms with Crippen LogP contribution in [0.3, 0.4) is 0 Å². The molecule has 7 nitrogen and oxygen atoms in total. The van der Waals surface area contributed by atoms with Crippen molar-refractivity contribution < 1.29 is 23.4 Å². The first-order valence-corrected chi connectivity index (χ1v) is 9.32. The highest BCUT2D eigenvalue weighted by Crippen LogP contribution is 2.68. The number of halogens is 1. The fourth-order valence-corrected chi connectivity index (χ4v) is 5.74. The van der Waals surface area contributed by atoms with Crippen molar-refractivity contribution in [2.45, 2.75) is 9.80 Å². The fraction of sp³-hybridized carbons (Fsp3) is 0.118. The normalized spacial score (nSPS) is 28.2. The lowest BCUT2D eigenvalue weighted by molar-refractivity contribution is 0.0696. The van der Waals surface area contributed by atoms with E-state index in [4.69, 9.17) is 11.6 Å². The zero-order valence-corrected chi connectivity index (χ0v) is 14.6. The van der Waals surface area contributed by atoms with Crippen molar-refractivity contribution in [1.82, 2.24) is 0 Å². The summed E-state index contributed by atoms with van der Waals surface area (Å²) in [6.07, 6.45) is 0.919. The van der Waals surface area contributed by atoms with Crippen LogP contribution in [0.4, 0.5) is 5.69 Å². The van der Waals surface area contributed by atoms with E-state index in [1.807, 2.05) is 0 Å². The van der Waals surface area contributed by atoms with Crippen LogP contribution in [0.15, 0.2) is 64.8 Å². The predicted octanol–water partition coefficient (Wildman–Crippen LogP) is 3.03. The van der Waals surface area contributed by atoms with E-state index in [-0.39, 0.29) is 21.7 Å². The highest BCUT2D eigenvalue weighted by Gasteiger charge is 2.87. The molecular formula is C17H11ClN2O5S. The van der Waals surface area contributed by atoms with Gasteiger partial charge in [-0.3, -0.25) is 0 Å². The van der Waals surface area contributed by atoms with E-state index >= 15 is 0 Å². The minimum atomic E-state index is -4.21. The van der Waals surface area contributed by atoms with Gasteiger partial charge in [-0.25, -0.2) is 13.2 Å². The number of fused-ring (bicyclic) bond motifs is 3. The summed E-state index contributed by atoms with van der Waals surface area (Å²) in [4.78, 5) is 7.03. The van der Waals surface area contributed by atoms with Crippen molar-refractivity contribution in [3.63, 3.8) is 0 Å². The molecule has 1 heterocycles. The first kappa shape index (κ1) is 16.9. The third-order valence-electron chi connectivity index (χ3n) is 4.53. The molecule has 1 saturated heterocycles. The molecule has 2 atom stereocenters. The number of nitrogens with zero attached hydrogens (tertiary/aromatic N) is 2. The molecule has 2 aliphatic rings. The average molecular weight is 391 g/mol. The number of carboxylic acids is 1. The van der Waals surface area contributed by atoms with Crippen molar-refractivity contribution in [2.24, 2.45) is 10.2 Å². The Kier molecular flexibility index (Phi) is 3.40. The van der Waals surface area contributed by atoms with Crippen LogP contribution >= 0.6 is 11.6 Å². The Morgan fingerprint density at radius 3 is 2.42 bits per heavy atom. The molecule has 1 aliphatic carbocycles. The average Bonchev–Trinajstić information content (AvgIpc) is 3.00. The molecular weight excluding hydrogens is 380 g/mol. The van der Waals surface area contributed by atoms with E-state index in [1.54, 1.807) is 30.3 Å². The smallest absolute Gasteiger partial charge is 0.336 e. The Balaban J connectivity index is 2.00. The molecule has 1 aliphatic heterocycles. The molecule has 4 rings (SSSR count). The van der Waals surface area contributed by atoms with E-state index < -0.39 is 25.6 Å². The molecule has 9 heteroatoms. The third-order valence-corrected chi connectivity index (χ3v) is 7.24. The maximum absolute atomic E-state index is 12.7. The maximum atomic E-state index is 12.7. The van der Waals surface area contributed by atoms with Crippen molar-refractivity contribution in [1.29, 1.82) is 0 Å². The van der Waals surface area contributed by atoms with Crippen molar-refractivity contribution in [3.8, 4) is 0 Å². The second-order valence-corrected chi connectivity index (χ2v) is 8.53. The highest BCUT2D eigenvalue weighted by molar-refractivity contribution is 8.01. The molecule has 2 aromatic carbocycles. The standard InChI is InChI=1S/C17H11ClN2O5S/c18-13-9-16(23)17(26(16,24)25,20-19-10-5-2-1-3-6-10)12-8-4-7-11(14(12)13)15(21)22/h1-9,23H,(H,21,22). The summed E-state index contributed by atoms with van der Waals surface area (Å²) in [5.41, 5.74) is 0.219. The number of benzene rings is 2. The van der Waals surface area contributed by atoms with Gasteiger partial charge in [-0.15, -0.1) is 0 Å². The first-order valence-electron chi connectivity index (χ1n) is 7.46. The number of carbonyl (C=O) groups is 1. The van der Waals surface area contributed by atoms with E-state index in [1.165, 1.54) is 18.2 Å². The summed E-state index contributed by atoms with van der Waals surface area (Å²) in [6.45, 7) is 0. The molecule has 2 N–H and O–H groups in total. The number of hydrogen-bond acceptors (Lipinski definition) is 6. The van der Waals surface area contributed by atoms with Crippen molar-refractivity contribution in [2.75, 3.05) is 0 Å². The van der Waals surface area contributed by atoms with Gasteiger partial charge in [-0.05, 0) is 24.3 Å². The monoisotopic (exact) mass is 390 g/mol. The number of aromatic carboxylic acids is 1. The Morgan fingerprint density at radius 1 is 1.08 bits per heavy atom. The van der Waals surface area contributed by atoms with Gasteiger partial charge in [0.15, 0.2) is 0 Å². The molecule has 0 bridgehead atoms. The summed E-state index contributed by atoms with van der Waals surface area (Å²) < 4.78 is 25.4. The molecule has 1 fully saturated rings. The van der Waals surface area contributed by atoms with E-state index in [2.05, 4.69) is 10.2 Å². The number of azo groups is 1. The van der Waals surface area contributed by atoms with Crippen molar-refractivity contribution >= 4 is 38.1 Å². The van der Waals surface area contributed by atoms with Crippen LogP contribution in [0.2, 0.25) is 0 Å².